The molecule has 0 aromatic heterocycles. The molecule has 13 heavy (non-hydrogen) atoms. The van der Waals surface area contributed by atoms with Crippen molar-refractivity contribution in [2.24, 2.45) is 0 Å². The molecule has 80 valence electrons. The highest BCUT2D eigenvalue weighted by Gasteiger charge is 2.07. The van der Waals surface area contributed by atoms with Gasteiger partial charge in [-0.2, -0.15) is 0 Å². The second-order valence-electron chi connectivity index (χ2n) is 3.15. The third kappa shape index (κ3) is 8.43. The molecule has 0 fully saturated rings. The Labute approximate surface area is 83.7 Å². The molecule has 0 saturated carbocycles. The maximum absolute atomic E-state index is 5.22. The molecule has 0 aromatic carbocycles. The van der Waals surface area contributed by atoms with Crippen molar-refractivity contribution >= 4 is 9.28 Å². The molecule has 0 spiro atoms. The molecule has 0 aliphatic rings. The molecule has 0 amide bonds. The summed E-state index contributed by atoms with van der Waals surface area (Å²) in [6, 6.07) is 1.10. The van der Waals surface area contributed by atoms with E-state index in [2.05, 4.69) is 12.2 Å². The molecule has 0 bridgehead atoms. The minimum atomic E-state index is -1.29. The molecule has 0 aliphatic heterocycles. The highest BCUT2D eigenvalue weighted by Crippen LogP contribution is 1.97. The van der Waals surface area contributed by atoms with Crippen molar-refractivity contribution in [1.29, 1.82) is 0 Å². The van der Waals surface area contributed by atoms with Crippen LogP contribution in [0.15, 0.2) is 0 Å². The summed E-state index contributed by atoms with van der Waals surface area (Å²) in [5, 5.41) is 3.40. The lowest BCUT2D eigenvalue weighted by molar-refractivity contribution is 0.276. The number of nitrogens with one attached hydrogen (secondary N) is 1. The lowest BCUT2D eigenvalue weighted by Crippen LogP contribution is -2.22. The highest BCUT2D eigenvalue weighted by molar-refractivity contribution is 6.44. The van der Waals surface area contributed by atoms with Gasteiger partial charge in [0.1, 0.15) is 0 Å². The van der Waals surface area contributed by atoms with Gasteiger partial charge in [-0.25, -0.2) is 0 Å². The third-order valence-electron chi connectivity index (χ3n) is 2.03. The molecule has 1 N–H and O–H groups in total. The Bertz CT molecular complexity index is 99.6. The van der Waals surface area contributed by atoms with Crippen molar-refractivity contribution in [3.8, 4) is 0 Å². The smallest absolute Gasteiger partial charge is 0.320 e. The van der Waals surface area contributed by atoms with E-state index < -0.39 is 9.28 Å². The van der Waals surface area contributed by atoms with Gasteiger partial charge in [0.25, 0.3) is 0 Å². The van der Waals surface area contributed by atoms with Gasteiger partial charge in [-0.05, 0) is 32.0 Å². The van der Waals surface area contributed by atoms with Crippen molar-refractivity contribution in [2.45, 2.75) is 32.2 Å². The van der Waals surface area contributed by atoms with Crippen LogP contribution in [0.5, 0.6) is 0 Å². The maximum atomic E-state index is 5.22. The summed E-state index contributed by atoms with van der Waals surface area (Å²) in [4.78, 5) is 0. The zero-order valence-corrected chi connectivity index (χ0v) is 10.3. The predicted molar refractivity (Wildman–Crippen MR) is 58.4 cm³/mol. The third-order valence-corrected chi connectivity index (χ3v) is 3.96. The topological polar surface area (TPSA) is 30.5 Å². The molecule has 0 heterocycles. The number of rotatable bonds is 9. The Balaban J connectivity index is 3.05. The van der Waals surface area contributed by atoms with Crippen LogP contribution < -0.4 is 5.32 Å². The van der Waals surface area contributed by atoms with Gasteiger partial charge < -0.3 is 14.2 Å². The molecule has 0 atom stereocenters. The van der Waals surface area contributed by atoms with E-state index in [1.165, 1.54) is 19.3 Å². The molecule has 3 nitrogen and oxygen atoms in total. The number of hydrogen-bond donors (Lipinski definition) is 1. The van der Waals surface area contributed by atoms with Crippen molar-refractivity contribution in [2.75, 3.05) is 27.3 Å². The first-order valence-electron chi connectivity index (χ1n) is 5.11. The Morgan fingerprint density at radius 1 is 1.08 bits per heavy atom. The van der Waals surface area contributed by atoms with Crippen molar-refractivity contribution in [3.05, 3.63) is 0 Å². The fourth-order valence-electron chi connectivity index (χ4n) is 1.15. The zero-order valence-electron chi connectivity index (χ0n) is 9.14. The summed E-state index contributed by atoms with van der Waals surface area (Å²) in [5.74, 6) is 0. The second kappa shape index (κ2) is 10.2. The molecular formula is C9H23NO2Si. The molecule has 0 saturated heterocycles. The second-order valence-corrected chi connectivity index (χ2v) is 5.53. The monoisotopic (exact) mass is 205 g/mol. The summed E-state index contributed by atoms with van der Waals surface area (Å²) in [6.07, 6.45) is 3.71. The quantitative estimate of drug-likeness (QED) is 0.454. The van der Waals surface area contributed by atoms with E-state index in [9.17, 15) is 0 Å². The molecule has 0 rings (SSSR count). The minimum Gasteiger partial charge on any atom is -0.400 e. The fourth-order valence-corrected chi connectivity index (χ4v) is 2.35. The molecule has 0 unspecified atom stereocenters. The van der Waals surface area contributed by atoms with Crippen molar-refractivity contribution < 1.29 is 8.85 Å². The van der Waals surface area contributed by atoms with Crippen LogP contribution in [0.25, 0.3) is 0 Å². The van der Waals surface area contributed by atoms with E-state index in [4.69, 9.17) is 8.85 Å². The van der Waals surface area contributed by atoms with Gasteiger partial charge >= 0.3 is 9.28 Å². The summed E-state index contributed by atoms with van der Waals surface area (Å²) < 4.78 is 10.4. The van der Waals surface area contributed by atoms with Crippen molar-refractivity contribution in [3.63, 3.8) is 0 Å². The van der Waals surface area contributed by atoms with Gasteiger partial charge in [-0.3, -0.25) is 0 Å². The first kappa shape index (κ1) is 13.1. The SMILES string of the molecule is CCCCNCCC[SiH](OC)OC. The molecule has 0 aliphatic carbocycles. The number of unbranched alkanes of at least 4 members (excludes halogenated alkanes) is 1. The fraction of sp³-hybridized carbons (Fsp3) is 1.00. The van der Waals surface area contributed by atoms with E-state index >= 15 is 0 Å². The van der Waals surface area contributed by atoms with Crippen LogP contribution in [0.3, 0.4) is 0 Å². The first-order valence-corrected chi connectivity index (χ1v) is 6.87. The van der Waals surface area contributed by atoms with Crippen LogP contribution in [-0.4, -0.2) is 36.6 Å². The van der Waals surface area contributed by atoms with E-state index in [1.54, 1.807) is 14.2 Å². The summed E-state index contributed by atoms with van der Waals surface area (Å²) in [7, 11) is 2.19. The Hall–Kier alpha value is 0.0969. The van der Waals surface area contributed by atoms with E-state index in [-0.39, 0.29) is 0 Å². The summed E-state index contributed by atoms with van der Waals surface area (Å²) in [5.41, 5.74) is 0. The number of hydrogen-bond acceptors (Lipinski definition) is 3. The average molecular weight is 205 g/mol. The van der Waals surface area contributed by atoms with Gasteiger partial charge in [-0.15, -0.1) is 0 Å². The van der Waals surface area contributed by atoms with Crippen LogP contribution >= 0.6 is 0 Å². The van der Waals surface area contributed by atoms with Crippen LogP contribution in [-0.2, 0) is 8.85 Å². The molecule has 0 radical (unpaired) electrons. The predicted octanol–water partition coefficient (Wildman–Crippen LogP) is 1.28. The normalized spacial score (nSPS) is 11.1. The van der Waals surface area contributed by atoms with E-state index in [0.29, 0.717) is 0 Å². The summed E-state index contributed by atoms with van der Waals surface area (Å²) >= 11 is 0. The van der Waals surface area contributed by atoms with Gasteiger partial charge in [0.2, 0.25) is 0 Å². The van der Waals surface area contributed by atoms with Gasteiger partial charge in [0, 0.05) is 14.2 Å². The van der Waals surface area contributed by atoms with Crippen LogP contribution in [0.1, 0.15) is 26.2 Å². The Kier molecular flexibility index (Phi) is 10.3. The van der Waals surface area contributed by atoms with Crippen LogP contribution in [0, 0.1) is 0 Å². The molecule has 4 heteroatoms. The standard InChI is InChI=1S/C9H23NO2Si/c1-4-5-7-10-8-6-9-13(11-2)12-3/h10,13H,4-9H2,1-3H3. The lowest BCUT2D eigenvalue weighted by Gasteiger charge is -2.10. The lowest BCUT2D eigenvalue weighted by atomic mass is 10.3. The largest absolute Gasteiger partial charge is 0.400 e. The van der Waals surface area contributed by atoms with E-state index in [1.807, 2.05) is 0 Å². The zero-order chi connectivity index (χ0) is 9.94. The maximum Gasteiger partial charge on any atom is 0.320 e. The summed E-state index contributed by atoms with van der Waals surface area (Å²) in [6.45, 7) is 4.44. The molecule has 0 aromatic rings. The van der Waals surface area contributed by atoms with Crippen molar-refractivity contribution in [1.82, 2.24) is 5.32 Å². The Morgan fingerprint density at radius 2 is 1.69 bits per heavy atom. The minimum absolute atomic E-state index is 1.09. The highest BCUT2D eigenvalue weighted by atomic mass is 28.3. The van der Waals surface area contributed by atoms with Gasteiger partial charge in [0.05, 0.1) is 0 Å². The van der Waals surface area contributed by atoms with E-state index in [0.717, 1.165) is 19.1 Å². The van der Waals surface area contributed by atoms with Crippen LogP contribution in [0.4, 0.5) is 0 Å². The van der Waals surface area contributed by atoms with Gasteiger partial charge in [0.15, 0.2) is 0 Å². The van der Waals surface area contributed by atoms with Gasteiger partial charge in [-0.1, -0.05) is 13.3 Å². The van der Waals surface area contributed by atoms with Crippen LogP contribution in [0.2, 0.25) is 6.04 Å². The average Bonchev–Trinajstić information content (AvgIpc) is 2.17. The first-order chi connectivity index (χ1) is 6.35. The Morgan fingerprint density at radius 3 is 2.23 bits per heavy atom. The molecular weight excluding hydrogens is 182 g/mol.